The highest BCUT2D eigenvalue weighted by atomic mass is 16.5. The summed E-state index contributed by atoms with van der Waals surface area (Å²) < 4.78 is 5.87. The molecule has 1 saturated heterocycles. The second-order valence-electron chi connectivity index (χ2n) is 9.98. The third-order valence-electron chi connectivity index (χ3n) is 7.97. The number of likely N-dealkylation sites (tertiary alicyclic amines) is 1. The van der Waals surface area contributed by atoms with Gasteiger partial charge in [-0.2, -0.15) is 0 Å². The summed E-state index contributed by atoms with van der Waals surface area (Å²) in [6.45, 7) is 6.92. The highest BCUT2D eigenvalue weighted by Crippen LogP contribution is 2.71. The van der Waals surface area contributed by atoms with E-state index in [1.807, 2.05) is 7.11 Å². The van der Waals surface area contributed by atoms with Gasteiger partial charge < -0.3 is 4.74 Å². The first kappa shape index (κ1) is 15.3. The van der Waals surface area contributed by atoms with Crippen LogP contribution in [0.1, 0.15) is 69.6 Å². The van der Waals surface area contributed by atoms with E-state index < -0.39 is 0 Å². The van der Waals surface area contributed by atoms with Gasteiger partial charge in [-0.05, 0) is 66.8 Å². The molecule has 130 valence electrons. The SMILES string of the molecule is COc1cc2c(cc1C(C)(C)C)CC13C[C@]24CCCC[C@@H]4[C@H]1N3C. The van der Waals surface area contributed by atoms with Crippen LogP contribution in [0.5, 0.6) is 5.75 Å². The molecule has 0 N–H and O–H groups in total. The molecule has 2 bridgehead atoms. The van der Waals surface area contributed by atoms with E-state index in [0.29, 0.717) is 11.0 Å². The Bertz CT molecular complexity index is 717. The zero-order valence-corrected chi connectivity index (χ0v) is 15.9. The third-order valence-corrected chi connectivity index (χ3v) is 7.97. The fraction of sp³-hybridized carbons (Fsp3) is 0.727. The van der Waals surface area contributed by atoms with Gasteiger partial charge in [-0.3, -0.25) is 4.90 Å². The molecule has 5 atom stereocenters. The lowest BCUT2D eigenvalue weighted by molar-refractivity contribution is 0.148. The Morgan fingerprint density at radius 3 is 2.71 bits per heavy atom. The number of ether oxygens (including phenoxy) is 1. The van der Waals surface area contributed by atoms with Gasteiger partial charge in [-0.15, -0.1) is 0 Å². The average Bonchev–Trinajstić information content (AvgIpc) is 2.97. The number of benzene rings is 1. The molecule has 3 aliphatic carbocycles. The maximum absolute atomic E-state index is 5.87. The Morgan fingerprint density at radius 2 is 2.00 bits per heavy atom. The number of fused-ring (bicyclic) bond motifs is 2. The van der Waals surface area contributed by atoms with E-state index in [0.717, 1.165) is 17.7 Å². The second kappa shape index (κ2) is 4.38. The van der Waals surface area contributed by atoms with Gasteiger partial charge in [-0.1, -0.05) is 39.7 Å². The van der Waals surface area contributed by atoms with Gasteiger partial charge >= 0.3 is 0 Å². The molecule has 1 aliphatic heterocycles. The summed E-state index contributed by atoms with van der Waals surface area (Å²) in [5.41, 5.74) is 5.74. The van der Waals surface area contributed by atoms with Crippen molar-refractivity contribution in [3.8, 4) is 5.75 Å². The van der Waals surface area contributed by atoms with E-state index in [9.17, 15) is 0 Å². The largest absolute Gasteiger partial charge is 0.496 e. The van der Waals surface area contributed by atoms with E-state index in [1.165, 1.54) is 44.1 Å². The minimum absolute atomic E-state index is 0.132. The summed E-state index contributed by atoms with van der Waals surface area (Å²) in [6.07, 6.45) is 8.32. The van der Waals surface area contributed by atoms with Crippen LogP contribution in [0.3, 0.4) is 0 Å². The fourth-order valence-corrected chi connectivity index (χ4v) is 6.96. The van der Waals surface area contributed by atoms with Gasteiger partial charge in [0.25, 0.3) is 0 Å². The number of hydrogen-bond acceptors (Lipinski definition) is 2. The average molecular weight is 325 g/mol. The van der Waals surface area contributed by atoms with Crippen LogP contribution >= 0.6 is 0 Å². The normalized spacial score (nSPS) is 42.1. The summed E-state index contributed by atoms with van der Waals surface area (Å²) in [5, 5.41) is 0. The van der Waals surface area contributed by atoms with Gasteiger partial charge in [0.05, 0.1) is 7.11 Å². The number of methoxy groups -OCH3 is 1. The highest BCUT2D eigenvalue weighted by molar-refractivity contribution is 5.56. The van der Waals surface area contributed by atoms with E-state index in [-0.39, 0.29) is 5.41 Å². The van der Waals surface area contributed by atoms with Crippen LogP contribution in [-0.2, 0) is 17.3 Å². The molecule has 24 heavy (non-hydrogen) atoms. The Labute approximate surface area is 146 Å². The first-order valence-corrected chi connectivity index (χ1v) is 9.78. The van der Waals surface area contributed by atoms with Gasteiger partial charge in [0, 0.05) is 17.0 Å². The molecule has 2 spiro atoms. The van der Waals surface area contributed by atoms with Crippen LogP contribution in [0.4, 0.5) is 0 Å². The van der Waals surface area contributed by atoms with Crippen molar-refractivity contribution in [1.82, 2.24) is 4.90 Å². The van der Waals surface area contributed by atoms with Gasteiger partial charge in [0.15, 0.2) is 0 Å². The second-order valence-corrected chi connectivity index (χ2v) is 9.98. The van der Waals surface area contributed by atoms with E-state index >= 15 is 0 Å². The molecule has 0 radical (unpaired) electrons. The molecule has 5 rings (SSSR count). The lowest BCUT2D eigenvalue weighted by atomic mass is 9.59. The van der Waals surface area contributed by atoms with Crippen LogP contribution in [0, 0.1) is 5.92 Å². The number of hydrogen-bond donors (Lipinski definition) is 0. The Hall–Kier alpha value is -1.02. The highest BCUT2D eigenvalue weighted by Gasteiger charge is 2.76. The quantitative estimate of drug-likeness (QED) is 0.708. The van der Waals surface area contributed by atoms with Crippen LogP contribution in [0.2, 0.25) is 0 Å². The van der Waals surface area contributed by atoms with Crippen molar-refractivity contribution < 1.29 is 4.74 Å². The molecule has 0 amide bonds. The van der Waals surface area contributed by atoms with Crippen molar-refractivity contribution in [3.05, 3.63) is 28.8 Å². The maximum atomic E-state index is 5.87. The molecular formula is C22H31NO. The summed E-state index contributed by atoms with van der Waals surface area (Å²) >= 11 is 0. The van der Waals surface area contributed by atoms with E-state index in [1.54, 1.807) is 11.1 Å². The van der Waals surface area contributed by atoms with Gasteiger partial charge in [0.1, 0.15) is 5.75 Å². The van der Waals surface area contributed by atoms with E-state index in [2.05, 4.69) is 44.9 Å². The monoisotopic (exact) mass is 325 g/mol. The molecule has 0 aromatic heterocycles. The zero-order chi connectivity index (χ0) is 16.9. The van der Waals surface area contributed by atoms with Crippen LogP contribution in [-0.4, -0.2) is 30.6 Å². The molecule has 3 fully saturated rings. The predicted molar refractivity (Wildman–Crippen MR) is 97.9 cm³/mol. The summed E-state index contributed by atoms with van der Waals surface area (Å²) in [5.74, 6) is 1.99. The molecule has 4 aliphatic rings. The minimum atomic E-state index is 0.132. The zero-order valence-electron chi connectivity index (χ0n) is 15.9. The van der Waals surface area contributed by atoms with Gasteiger partial charge in [-0.25, -0.2) is 0 Å². The molecule has 1 heterocycles. The fourth-order valence-electron chi connectivity index (χ4n) is 6.96. The van der Waals surface area contributed by atoms with Crippen molar-refractivity contribution in [2.45, 2.75) is 81.7 Å². The van der Waals surface area contributed by atoms with Crippen molar-refractivity contribution in [2.75, 3.05) is 14.2 Å². The topological polar surface area (TPSA) is 12.2 Å². The Balaban J connectivity index is 1.72. The molecule has 2 unspecified atom stereocenters. The predicted octanol–water partition coefficient (Wildman–Crippen LogP) is 4.43. The number of piperidine rings is 1. The number of rotatable bonds is 1. The third kappa shape index (κ3) is 1.62. The molecular weight excluding hydrogens is 294 g/mol. The minimum Gasteiger partial charge on any atom is -0.496 e. The van der Waals surface area contributed by atoms with Crippen molar-refractivity contribution in [2.24, 2.45) is 5.92 Å². The van der Waals surface area contributed by atoms with Crippen LogP contribution in [0.25, 0.3) is 0 Å². The molecule has 2 saturated carbocycles. The molecule has 1 aromatic carbocycles. The number of likely N-dealkylation sites (N-methyl/N-ethyl adjacent to an activating group) is 1. The Morgan fingerprint density at radius 1 is 1.21 bits per heavy atom. The summed E-state index contributed by atoms with van der Waals surface area (Å²) in [4.78, 5) is 2.71. The molecule has 1 aromatic rings. The van der Waals surface area contributed by atoms with Crippen LogP contribution in [0.15, 0.2) is 12.1 Å². The van der Waals surface area contributed by atoms with E-state index in [4.69, 9.17) is 4.74 Å². The van der Waals surface area contributed by atoms with Crippen molar-refractivity contribution in [1.29, 1.82) is 0 Å². The summed E-state index contributed by atoms with van der Waals surface area (Å²) in [6, 6.07) is 5.80. The van der Waals surface area contributed by atoms with Gasteiger partial charge in [0.2, 0.25) is 0 Å². The van der Waals surface area contributed by atoms with Crippen molar-refractivity contribution in [3.63, 3.8) is 0 Å². The lowest BCUT2D eigenvalue weighted by Crippen LogP contribution is -2.44. The molecule has 2 heteroatoms. The number of nitrogens with zero attached hydrogens (tertiary/aromatic N) is 1. The molecule has 2 nitrogen and oxygen atoms in total. The smallest absolute Gasteiger partial charge is 0.122 e. The van der Waals surface area contributed by atoms with Crippen molar-refractivity contribution >= 4 is 0 Å². The lowest BCUT2D eigenvalue weighted by Gasteiger charge is -2.47. The maximum Gasteiger partial charge on any atom is 0.122 e. The summed E-state index contributed by atoms with van der Waals surface area (Å²) in [7, 11) is 4.22. The van der Waals surface area contributed by atoms with Crippen LogP contribution < -0.4 is 4.74 Å². The first-order chi connectivity index (χ1) is 11.3. The standard InChI is InChI=1S/C22H31NO/c1-20(2,3)17-10-14-12-22-13-21(16(14)11-18(17)24-5)9-7-6-8-15(21)19(22)23(22)4/h10-11,15,19H,6-9,12-13H2,1-5H3/t15-,19-,21+,22?,23?/m1/s1. The Kier molecular flexibility index (Phi) is 2.79. The first-order valence-electron chi connectivity index (χ1n) is 9.78.